The highest BCUT2D eigenvalue weighted by molar-refractivity contribution is 5.80. The van der Waals surface area contributed by atoms with Gasteiger partial charge in [0.25, 0.3) is 5.91 Å². The zero-order chi connectivity index (χ0) is 13.1. The number of likely N-dealkylation sites (N-methyl/N-ethyl adjacent to an activating group) is 1. The van der Waals surface area contributed by atoms with Crippen LogP contribution in [0.2, 0.25) is 0 Å². The van der Waals surface area contributed by atoms with Gasteiger partial charge in [-0.25, -0.2) is 0 Å². The van der Waals surface area contributed by atoms with Gasteiger partial charge in [-0.05, 0) is 49.4 Å². The van der Waals surface area contributed by atoms with Gasteiger partial charge in [0.2, 0.25) is 0 Å². The summed E-state index contributed by atoms with van der Waals surface area (Å²) in [6.45, 7) is 1.73. The lowest BCUT2D eigenvalue weighted by Gasteiger charge is -2.23. The van der Waals surface area contributed by atoms with Gasteiger partial charge in [-0.2, -0.15) is 0 Å². The van der Waals surface area contributed by atoms with Crippen molar-refractivity contribution < 1.29 is 9.53 Å². The molecule has 98 valence electrons. The lowest BCUT2D eigenvalue weighted by molar-refractivity contribution is -0.126. The molecule has 1 aliphatic carbocycles. The second-order valence-electron chi connectivity index (χ2n) is 4.73. The van der Waals surface area contributed by atoms with E-state index in [1.54, 1.807) is 14.0 Å². The molecule has 0 bridgehead atoms. The molecule has 18 heavy (non-hydrogen) atoms. The molecule has 1 amide bonds. The lowest BCUT2D eigenvalue weighted by atomic mass is 9.88. The topological polar surface area (TPSA) is 64.3 Å². The summed E-state index contributed by atoms with van der Waals surface area (Å²) in [7, 11) is 1.60. The number of aryl methyl sites for hydroxylation is 1. The average molecular weight is 248 g/mol. The molecule has 0 aromatic heterocycles. The standard InChI is InChI=1S/C14H20N2O2/c1-9(14(17)16-2)18-11-7-6-10-4-3-5-13(15)12(10)8-11/h6-9,13H,3-5,15H2,1-2H3,(H,16,17). The fraction of sp³-hybridized carbons (Fsp3) is 0.500. The third-order valence-corrected chi connectivity index (χ3v) is 3.41. The summed E-state index contributed by atoms with van der Waals surface area (Å²) in [4.78, 5) is 11.4. The van der Waals surface area contributed by atoms with Crippen molar-refractivity contribution in [1.29, 1.82) is 0 Å². The summed E-state index contributed by atoms with van der Waals surface area (Å²) >= 11 is 0. The Balaban J connectivity index is 2.15. The van der Waals surface area contributed by atoms with Gasteiger partial charge in [0.15, 0.2) is 6.10 Å². The molecule has 1 aromatic rings. The summed E-state index contributed by atoms with van der Waals surface area (Å²) in [6.07, 6.45) is 2.74. The van der Waals surface area contributed by atoms with Crippen molar-refractivity contribution in [3.63, 3.8) is 0 Å². The minimum absolute atomic E-state index is 0.0904. The predicted molar refractivity (Wildman–Crippen MR) is 70.5 cm³/mol. The summed E-state index contributed by atoms with van der Waals surface area (Å²) in [5.74, 6) is 0.583. The monoisotopic (exact) mass is 248 g/mol. The van der Waals surface area contributed by atoms with Crippen LogP contribution in [0.3, 0.4) is 0 Å². The average Bonchev–Trinajstić information content (AvgIpc) is 2.38. The highest BCUT2D eigenvalue weighted by Gasteiger charge is 2.19. The Morgan fingerprint density at radius 2 is 2.33 bits per heavy atom. The normalized spacial score (nSPS) is 19.8. The number of amides is 1. The smallest absolute Gasteiger partial charge is 0.260 e. The summed E-state index contributed by atoms with van der Waals surface area (Å²) in [6, 6.07) is 6.03. The maximum atomic E-state index is 11.4. The second-order valence-corrected chi connectivity index (χ2v) is 4.73. The first-order valence-corrected chi connectivity index (χ1v) is 6.38. The van der Waals surface area contributed by atoms with Crippen LogP contribution >= 0.6 is 0 Å². The number of carbonyl (C=O) groups is 1. The minimum Gasteiger partial charge on any atom is -0.481 e. The van der Waals surface area contributed by atoms with Crippen molar-refractivity contribution in [3.8, 4) is 5.75 Å². The first-order valence-electron chi connectivity index (χ1n) is 6.38. The highest BCUT2D eigenvalue weighted by Crippen LogP contribution is 2.31. The molecule has 3 N–H and O–H groups in total. The number of nitrogens with two attached hydrogens (primary N) is 1. The Labute approximate surface area is 108 Å². The molecule has 4 heteroatoms. The Hall–Kier alpha value is -1.55. The molecule has 0 heterocycles. The van der Waals surface area contributed by atoms with Crippen molar-refractivity contribution in [2.45, 2.75) is 38.3 Å². The van der Waals surface area contributed by atoms with Crippen LogP contribution < -0.4 is 15.8 Å². The van der Waals surface area contributed by atoms with Crippen LogP contribution in [0.5, 0.6) is 5.75 Å². The van der Waals surface area contributed by atoms with E-state index in [0.29, 0.717) is 5.75 Å². The summed E-state index contributed by atoms with van der Waals surface area (Å²) in [5, 5.41) is 2.57. The third-order valence-electron chi connectivity index (χ3n) is 3.41. The molecule has 0 fully saturated rings. The first kappa shape index (κ1) is 12.9. The molecule has 1 aromatic carbocycles. The second kappa shape index (κ2) is 5.40. The molecule has 4 nitrogen and oxygen atoms in total. The molecule has 0 spiro atoms. The molecule has 0 radical (unpaired) electrons. The van der Waals surface area contributed by atoms with Gasteiger partial charge in [-0.3, -0.25) is 4.79 Å². The summed E-state index contributed by atoms with van der Waals surface area (Å²) < 4.78 is 5.61. The Bertz CT molecular complexity index is 445. The molecule has 1 aliphatic rings. The number of carbonyl (C=O) groups excluding carboxylic acids is 1. The quantitative estimate of drug-likeness (QED) is 0.852. The van der Waals surface area contributed by atoms with E-state index >= 15 is 0 Å². The van der Waals surface area contributed by atoms with E-state index in [-0.39, 0.29) is 11.9 Å². The molecule has 2 atom stereocenters. The van der Waals surface area contributed by atoms with E-state index in [1.807, 2.05) is 12.1 Å². The van der Waals surface area contributed by atoms with Crippen LogP contribution in [-0.2, 0) is 11.2 Å². The maximum Gasteiger partial charge on any atom is 0.260 e. The van der Waals surface area contributed by atoms with E-state index in [1.165, 1.54) is 5.56 Å². The summed E-state index contributed by atoms with van der Waals surface area (Å²) in [5.41, 5.74) is 8.55. The number of hydrogen-bond acceptors (Lipinski definition) is 3. The van der Waals surface area contributed by atoms with Gasteiger partial charge in [0.1, 0.15) is 5.75 Å². The van der Waals surface area contributed by atoms with Gasteiger partial charge >= 0.3 is 0 Å². The number of nitrogens with one attached hydrogen (secondary N) is 1. The van der Waals surface area contributed by atoms with Gasteiger partial charge in [0, 0.05) is 13.1 Å². The van der Waals surface area contributed by atoms with Gasteiger partial charge in [-0.1, -0.05) is 6.07 Å². The molecule has 2 unspecified atom stereocenters. The van der Waals surface area contributed by atoms with Gasteiger partial charge in [0.05, 0.1) is 0 Å². The molecular weight excluding hydrogens is 228 g/mol. The number of ether oxygens (including phenoxy) is 1. The zero-order valence-corrected chi connectivity index (χ0v) is 10.9. The van der Waals surface area contributed by atoms with E-state index in [2.05, 4.69) is 11.4 Å². The van der Waals surface area contributed by atoms with Crippen LogP contribution in [0.25, 0.3) is 0 Å². The van der Waals surface area contributed by atoms with Gasteiger partial charge < -0.3 is 15.8 Å². The Morgan fingerprint density at radius 1 is 1.56 bits per heavy atom. The van der Waals surface area contributed by atoms with Crippen LogP contribution in [-0.4, -0.2) is 19.1 Å². The van der Waals surface area contributed by atoms with E-state index in [0.717, 1.165) is 24.8 Å². The van der Waals surface area contributed by atoms with Gasteiger partial charge in [-0.15, -0.1) is 0 Å². The van der Waals surface area contributed by atoms with Crippen LogP contribution in [0.1, 0.15) is 36.9 Å². The SMILES string of the molecule is CNC(=O)C(C)Oc1ccc2c(c1)C(N)CCC2. The van der Waals surface area contributed by atoms with Crippen molar-refractivity contribution in [3.05, 3.63) is 29.3 Å². The Kier molecular flexibility index (Phi) is 3.87. The number of rotatable bonds is 3. The lowest BCUT2D eigenvalue weighted by Crippen LogP contribution is -2.33. The van der Waals surface area contributed by atoms with E-state index < -0.39 is 6.10 Å². The molecular formula is C14H20N2O2. The zero-order valence-electron chi connectivity index (χ0n) is 10.9. The molecule has 0 saturated carbocycles. The minimum atomic E-state index is -0.493. The van der Waals surface area contributed by atoms with Crippen LogP contribution in [0.15, 0.2) is 18.2 Å². The Morgan fingerprint density at radius 3 is 3.06 bits per heavy atom. The van der Waals surface area contributed by atoms with Crippen molar-refractivity contribution >= 4 is 5.91 Å². The number of benzene rings is 1. The van der Waals surface area contributed by atoms with Crippen LogP contribution in [0.4, 0.5) is 0 Å². The largest absolute Gasteiger partial charge is 0.481 e. The van der Waals surface area contributed by atoms with Crippen molar-refractivity contribution in [1.82, 2.24) is 5.32 Å². The van der Waals surface area contributed by atoms with E-state index in [9.17, 15) is 4.79 Å². The third kappa shape index (κ3) is 2.64. The van der Waals surface area contributed by atoms with E-state index in [4.69, 9.17) is 10.5 Å². The fourth-order valence-electron chi connectivity index (χ4n) is 2.35. The maximum absolute atomic E-state index is 11.4. The molecule has 0 saturated heterocycles. The van der Waals surface area contributed by atoms with Crippen LogP contribution in [0, 0.1) is 0 Å². The number of fused-ring (bicyclic) bond motifs is 1. The predicted octanol–water partition coefficient (Wildman–Crippen LogP) is 1.54. The highest BCUT2D eigenvalue weighted by atomic mass is 16.5. The molecule has 2 rings (SSSR count). The van der Waals surface area contributed by atoms with Crippen molar-refractivity contribution in [2.75, 3.05) is 7.05 Å². The fourth-order valence-corrected chi connectivity index (χ4v) is 2.35. The first-order chi connectivity index (χ1) is 8.61. The van der Waals surface area contributed by atoms with Crippen molar-refractivity contribution in [2.24, 2.45) is 5.73 Å². The molecule has 0 aliphatic heterocycles. The number of hydrogen-bond donors (Lipinski definition) is 2.